The van der Waals surface area contributed by atoms with Gasteiger partial charge in [-0.05, 0) is 30.5 Å². The van der Waals surface area contributed by atoms with Gasteiger partial charge in [0.05, 0.1) is 5.56 Å². The molecule has 0 saturated carbocycles. The normalized spacial score (nSPS) is 11.9. The molecule has 1 aromatic carbocycles. The fourth-order valence-electron chi connectivity index (χ4n) is 1.40. The Bertz CT molecular complexity index is 375. The summed E-state index contributed by atoms with van der Waals surface area (Å²) < 4.78 is 38.7. The van der Waals surface area contributed by atoms with Crippen LogP contribution in [0.1, 0.15) is 25.8 Å². The van der Waals surface area contributed by atoms with E-state index in [1.807, 2.05) is 13.8 Å². The third-order valence-electron chi connectivity index (χ3n) is 2.32. The molecule has 0 bridgehead atoms. The molecule has 0 spiro atoms. The van der Waals surface area contributed by atoms with Crippen LogP contribution >= 0.6 is 15.9 Å². The fourth-order valence-corrected chi connectivity index (χ4v) is 1.76. The monoisotopic (exact) mass is 309 g/mol. The van der Waals surface area contributed by atoms with Gasteiger partial charge >= 0.3 is 6.18 Å². The maximum absolute atomic E-state index is 12.8. The van der Waals surface area contributed by atoms with Crippen molar-refractivity contribution in [2.24, 2.45) is 5.92 Å². The second-order valence-electron chi connectivity index (χ2n) is 4.30. The summed E-state index contributed by atoms with van der Waals surface area (Å²) in [5.41, 5.74) is -0.489. The zero-order chi connectivity index (χ0) is 13.1. The zero-order valence-corrected chi connectivity index (χ0v) is 11.3. The lowest BCUT2D eigenvalue weighted by Gasteiger charge is -2.15. The molecule has 0 amide bonds. The summed E-state index contributed by atoms with van der Waals surface area (Å²) in [5.74, 6) is 0.465. The molecule has 1 N–H and O–H groups in total. The summed E-state index contributed by atoms with van der Waals surface area (Å²) in [4.78, 5) is 0. The van der Waals surface area contributed by atoms with E-state index in [2.05, 4.69) is 21.2 Å². The van der Waals surface area contributed by atoms with E-state index in [1.54, 1.807) is 6.07 Å². The molecule has 1 rings (SSSR count). The molecule has 1 nitrogen and oxygen atoms in total. The first-order valence-corrected chi connectivity index (χ1v) is 6.20. The van der Waals surface area contributed by atoms with Crippen LogP contribution in [0.3, 0.4) is 0 Å². The zero-order valence-electron chi connectivity index (χ0n) is 9.74. The fraction of sp³-hybridized carbons (Fsp3) is 0.500. The van der Waals surface area contributed by atoms with Crippen molar-refractivity contribution < 1.29 is 13.2 Å². The highest BCUT2D eigenvalue weighted by molar-refractivity contribution is 9.10. The third kappa shape index (κ3) is 4.58. The van der Waals surface area contributed by atoms with Gasteiger partial charge in [0.25, 0.3) is 0 Å². The smallest absolute Gasteiger partial charge is 0.385 e. The highest BCUT2D eigenvalue weighted by atomic mass is 79.9. The number of nitrogens with one attached hydrogen (secondary N) is 1. The summed E-state index contributed by atoms with van der Waals surface area (Å²) >= 11 is 3.05. The third-order valence-corrected chi connectivity index (χ3v) is 2.82. The Balaban J connectivity index is 2.84. The van der Waals surface area contributed by atoms with Gasteiger partial charge in [0.1, 0.15) is 0 Å². The highest BCUT2D eigenvalue weighted by Crippen LogP contribution is 2.36. The van der Waals surface area contributed by atoms with Crippen LogP contribution in [-0.4, -0.2) is 6.54 Å². The van der Waals surface area contributed by atoms with Crippen molar-refractivity contribution >= 4 is 21.6 Å². The predicted octanol–water partition coefficient (Wildman–Crippen LogP) is 4.93. The van der Waals surface area contributed by atoms with Crippen LogP contribution in [0.4, 0.5) is 18.9 Å². The van der Waals surface area contributed by atoms with Crippen molar-refractivity contribution in [3.05, 3.63) is 28.2 Å². The number of benzene rings is 1. The molecule has 0 aliphatic carbocycles. The summed E-state index contributed by atoms with van der Waals surface area (Å²) in [6.07, 6.45) is -3.49. The lowest BCUT2D eigenvalue weighted by molar-refractivity contribution is -0.137. The number of rotatable bonds is 4. The van der Waals surface area contributed by atoms with Crippen molar-refractivity contribution in [2.45, 2.75) is 26.4 Å². The number of alkyl halides is 3. The summed E-state index contributed by atoms with van der Waals surface area (Å²) in [7, 11) is 0. The van der Waals surface area contributed by atoms with Crippen molar-refractivity contribution in [2.75, 3.05) is 11.9 Å². The standard InChI is InChI=1S/C12H15BrF3N/c1-8(2)5-6-17-11-4-3-9(13)7-10(11)12(14,15)16/h3-4,7-8,17H,5-6H2,1-2H3. The number of anilines is 1. The van der Waals surface area contributed by atoms with Gasteiger partial charge in [-0.25, -0.2) is 0 Å². The Morgan fingerprint density at radius 2 is 1.94 bits per heavy atom. The van der Waals surface area contributed by atoms with Crippen LogP contribution in [0.5, 0.6) is 0 Å². The summed E-state index contributed by atoms with van der Waals surface area (Å²) in [5, 5.41) is 2.84. The quantitative estimate of drug-likeness (QED) is 0.832. The molecule has 0 aliphatic rings. The number of hydrogen-bond acceptors (Lipinski definition) is 1. The number of halogens is 4. The van der Waals surface area contributed by atoms with Crippen LogP contribution < -0.4 is 5.32 Å². The maximum Gasteiger partial charge on any atom is 0.418 e. The van der Waals surface area contributed by atoms with Crippen LogP contribution in [0, 0.1) is 5.92 Å². The molecule has 5 heteroatoms. The van der Waals surface area contributed by atoms with E-state index >= 15 is 0 Å². The first kappa shape index (κ1) is 14.4. The molecule has 0 heterocycles. The topological polar surface area (TPSA) is 12.0 Å². The van der Waals surface area contributed by atoms with E-state index in [1.165, 1.54) is 6.07 Å². The van der Waals surface area contributed by atoms with Crippen molar-refractivity contribution in [1.29, 1.82) is 0 Å². The Morgan fingerprint density at radius 3 is 2.47 bits per heavy atom. The van der Waals surface area contributed by atoms with E-state index in [-0.39, 0.29) is 5.69 Å². The molecular formula is C12H15BrF3N. The van der Waals surface area contributed by atoms with Crippen LogP contribution in [0.15, 0.2) is 22.7 Å². The molecule has 1 aromatic rings. The highest BCUT2D eigenvalue weighted by Gasteiger charge is 2.33. The minimum Gasteiger partial charge on any atom is -0.385 e. The van der Waals surface area contributed by atoms with E-state index < -0.39 is 11.7 Å². The lowest BCUT2D eigenvalue weighted by Crippen LogP contribution is -2.12. The first-order chi connectivity index (χ1) is 7.80. The van der Waals surface area contributed by atoms with Gasteiger partial charge in [-0.15, -0.1) is 0 Å². The molecule has 0 saturated heterocycles. The Labute approximate surface area is 108 Å². The van der Waals surface area contributed by atoms with Crippen molar-refractivity contribution in [1.82, 2.24) is 0 Å². The minimum absolute atomic E-state index is 0.140. The Morgan fingerprint density at radius 1 is 1.29 bits per heavy atom. The van der Waals surface area contributed by atoms with E-state index in [9.17, 15) is 13.2 Å². The van der Waals surface area contributed by atoms with Crippen LogP contribution in [0.2, 0.25) is 0 Å². The molecule has 0 aromatic heterocycles. The molecular weight excluding hydrogens is 295 g/mol. The van der Waals surface area contributed by atoms with E-state index in [0.29, 0.717) is 16.9 Å². The summed E-state index contributed by atoms with van der Waals surface area (Å²) in [6.45, 7) is 4.62. The first-order valence-electron chi connectivity index (χ1n) is 5.41. The molecule has 0 unspecified atom stereocenters. The van der Waals surface area contributed by atoms with Gasteiger partial charge in [0.2, 0.25) is 0 Å². The molecule has 96 valence electrons. The van der Waals surface area contributed by atoms with Gasteiger partial charge < -0.3 is 5.32 Å². The van der Waals surface area contributed by atoms with Crippen LogP contribution in [-0.2, 0) is 6.18 Å². The van der Waals surface area contributed by atoms with Gasteiger partial charge in [0.15, 0.2) is 0 Å². The van der Waals surface area contributed by atoms with Gasteiger partial charge in [0, 0.05) is 16.7 Å². The molecule has 0 atom stereocenters. The SMILES string of the molecule is CC(C)CCNc1ccc(Br)cc1C(F)(F)F. The molecule has 0 fully saturated rings. The second-order valence-corrected chi connectivity index (χ2v) is 5.21. The molecule has 17 heavy (non-hydrogen) atoms. The van der Waals surface area contributed by atoms with E-state index in [4.69, 9.17) is 0 Å². The lowest BCUT2D eigenvalue weighted by atomic mass is 10.1. The number of hydrogen-bond donors (Lipinski definition) is 1. The predicted molar refractivity (Wildman–Crippen MR) is 67.1 cm³/mol. The van der Waals surface area contributed by atoms with Crippen LogP contribution in [0.25, 0.3) is 0 Å². The molecule has 0 aliphatic heterocycles. The van der Waals surface area contributed by atoms with Gasteiger partial charge in [-0.2, -0.15) is 13.2 Å². The van der Waals surface area contributed by atoms with Crippen molar-refractivity contribution in [3.63, 3.8) is 0 Å². The van der Waals surface area contributed by atoms with E-state index in [0.717, 1.165) is 12.5 Å². The Kier molecular flexibility index (Phi) is 4.86. The van der Waals surface area contributed by atoms with Gasteiger partial charge in [-0.1, -0.05) is 29.8 Å². The Hall–Kier alpha value is -0.710. The maximum atomic E-state index is 12.8. The largest absolute Gasteiger partial charge is 0.418 e. The van der Waals surface area contributed by atoms with Gasteiger partial charge in [-0.3, -0.25) is 0 Å². The minimum atomic E-state index is -4.33. The average Bonchev–Trinajstić information content (AvgIpc) is 2.18. The summed E-state index contributed by atoms with van der Waals surface area (Å²) in [6, 6.07) is 4.15. The molecule has 0 radical (unpaired) electrons. The van der Waals surface area contributed by atoms with Crippen molar-refractivity contribution in [3.8, 4) is 0 Å². The average molecular weight is 310 g/mol. The second kappa shape index (κ2) is 5.76.